The number of hydrogen-bond acceptors (Lipinski definition) is 2. The van der Waals surface area contributed by atoms with Crippen LogP contribution >= 0.6 is 0 Å². The predicted octanol–water partition coefficient (Wildman–Crippen LogP) is 6.43. The minimum absolute atomic E-state index is 0.0714. The Labute approximate surface area is 184 Å². The van der Waals surface area contributed by atoms with Gasteiger partial charge in [-0.25, -0.2) is 0 Å². The fraction of sp³-hybridized carbons (Fsp3) is 0.250. The number of fused-ring (bicyclic) bond motifs is 1. The van der Waals surface area contributed by atoms with Crippen molar-refractivity contribution in [2.75, 3.05) is 0 Å². The molecule has 0 aliphatic carbocycles. The van der Waals surface area contributed by atoms with E-state index >= 15 is 0 Å². The zero-order chi connectivity index (χ0) is 21.7. The van der Waals surface area contributed by atoms with Gasteiger partial charge in [-0.1, -0.05) is 92.7 Å². The first kappa shape index (κ1) is 20.9. The third-order valence-electron chi connectivity index (χ3n) is 6.23. The summed E-state index contributed by atoms with van der Waals surface area (Å²) in [6.07, 6.45) is 4.52. The molecule has 0 saturated carbocycles. The van der Waals surface area contributed by atoms with Gasteiger partial charge in [-0.15, -0.1) is 0 Å². The molecule has 3 aromatic carbocycles. The molecule has 3 aromatic rings. The number of hydrogen-bond donors (Lipinski definition) is 1. The summed E-state index contributed by atoms with van der Waals surface area (Å²) in [6, 6.07) is 27.8. The van der Waals surface area contributed by atoms with Crippen LogP contribution in [-0.4, -0.2) is 11.5 Å². The Morgan fingerprint density at radius 1 is 0.935 bits per heavy atom. The van der Waals surface area contributed by atoms with E-state index in [0.717, 1.165) is 41.7 Å². The molecule has 1 N–H and O–H groups in total. The van der Waals surface area contributed by atoms with E-state index in [0.29, 0.717) is 5.57 Å². The average molecular weight is 412 g/mol. The van der Waals surface area contributed by atoms with Crippen LogP contribution in [0.5, 0.6) is 5.75 Å². The largest absolute Gasteiger partial charge is 0.487 e. The molecule has 1 heterocycles. The van der Waals surface area contributed by atoms with Gasteiger partial charge in [-0.05, 0) is 36.1 Å². The second kappa shape index (κ2) is 9.22. The number of para-hydroxylation sites is 1. The Morgan fingerprint density at radius 3 is 2.23 bits per heavy atom. The minimum atomic E-state index is -0.262. The van der Waals surface area contributed by atoms with E-state index in [-0.39, 0.29) is 17.6 Å². The summed E-state index contributed by atoms with van der Waals surface area (Å²) in [5.74, 6) is 0.800. The lowest BCUT2D eigenvalue weighted by atomic mass is 9.83. The van der Waals surface area contributed by atoms with Crippen LogP contribution in [0.15, 0.2) is 84.9 Å². The van der Waals surface area contributed by atoms with E-state index in [4.69, 9.17) is 4.74 Å². The zero-order valence-electron chi connectivity index (χ0n) is 18.2. The molecule has 1 aliphatic heterocycles. The molecule has 4 rings (SSSR count). The van der Waals surface area contributed by atoms with Gasteiger partial charge in [0.1, 0.15) is 11.4 Å². The topological polar surface area (TPSA) is 38.3 Å². The highest BCUT2D eigenvalue weighted by Crippen LogP contribution is 2.42. The van der Waals surface area contributed by atoms with Crippen molar-refractivity contribution in [1.82, 2.24) is 5.32 Å². The third-order valence-corrected chi connectivity index (χ3v) is 6.23. The summed E-state index contributed by atoms with van der Waals surface area (Å²) in [7, 11) is 0. The SMILES string of the molecule is CCC1(CC)C[C@H](NC(=O)/C(=C/c2ccccc2)c2ccccc2)c2ccccc2O1. The van der Waals surface area contributed by atoms with E-state index in [1.165, 1.54) is 0 Å². The van der Waals surface area contributed by atoms with Crippen LogP contribution in [0, 0.1) is 0 Å². The van der Waals surface area contributed by atoms with Crippen molar-refractivity contribution in [3.63, 3.8) is 0 Å². The van der Waals surface area contributed by atoms with Gasteiger partial charge in [0, 0.05) is 17.6 Å². The van der Waals surface area contributed by atoms with Crippen molar-refractivity contribution in [2.24, 2.45) is 0 Å². The van der Waals surface area contributed by atoms with Crippen LogP contribution in [0.25, 0.3) is 11.6 Å². The number of nitrogens with one attached hydrogen (secondary N) is 1. The standard InChI is InChI=1S/C28H29NO2/c1-3-28(4-2)20-25(23-17-11-12-18-26(23)31-28)29-27(30)24(22-15-9-6-10-16-22)19-21-13-7-5-8-14-21/h5-19,25H,3-4,20H2,1-2H3,(H,29,30)/b24-19+/t25-/m0/s1. The van der Waals surface area contributed by atoms with Crippen LogP contribution in [0.4, 0.5) is 0 Å². The minimum Gasteiger partial charge on any atom is -0.487 e. The van der Waals surface area contributed by atoms with E-state index in [1.807, 2.05) is 84.9 Å². The molecular formula is C28H29NO2. The zero-order valence-corrected chi connectivity index (χ0v) is 18.2. The summed E-state index contributed by atoms with van der Waals surface area (Å²) < 4.78 is 6.40. The highest BCUT2D eigenvalue weighted by atomic mass is 16.5. The molecule has 3 heteroatoms. The molecule has 1 amide bonds. The van der Waals surface area contributed by atoms with E-state index < -0.39 is 0 Å². The lowest BCUT2D eigenvalue weighted by molar-refractivity contribution is -0.117. The summed E-state index contributed by atoms with van der Waals surface area (Å²) in [6.45, 7) is 4.31. The molecule has 0 aromatic heterocycles. The second-order valence-corrected chi connectivity index (χ2v) is 8.09. The lowest BCUT2D eigenvalue weighted by Gasteiger charge is -2.41. The van der Waals surface area contributed by atoms with Crippen LogP contribution in [0.2, 0.25) is 0 Å². The molecule has 0 fully saturated rings. The number of amides is 1. The molecule has 1 atom stereocenters. The molecule has 0 spiro atoms. The Hall–Kier alpha value is -3.33. The van der Waals surface area contributed by atoms with Gasteiger partial charge in [-0.3, -0.25) is 4.79 Å². The van der Waals surface area contributed by atoms with Gasteiger partial charge in [0.05, 0.1) is 6.04 Å². The number of ether oxygens (including phenoxy) is 1. The lowest BCUT2D eigenvalue weighted by Crippen LogP contribution is -2.44. The number of carbonyl (C=O) groups excluding carboxylic acids is 1. The fourth-order valence-corrected chi connectivity index (χ4v) is 4.28. The Balaban J connectivity index is 1.69. The van der Waals surface area contributed by atoms with Crippen LogP contribution in [0.1, 0.15) is 55.8 Å². The molecule has 158 valence electrons. The molecule has 0 bridgehead atoms. The first-order valence-electron chi connectivity index (χ1n) is 11.0. The average Bonchev–Trinajstić information content (AvgIpc) is 2.83. The van der Waals surface area contributed by atoms with Crippen LogP contribution in [-0.2, 0) is 4.79 Å². The molecule has 3 nitrogen and oxygen atoms in total. The maximum absolute atomic E-state index is 13.6. The summed E-state index contributed by atoms with van der Waals surface area (Å²) >= 11 is 0. The summed E-state index contributed by atoms with van der Waals surface area (Å²) in [4.78, 5) is 13.6. The number of carbonyl (C=O) groups is 1. The molecule has 31 heavy (non-hydrogen) atoms. The number of benzene rings is 3. The highest BCUT2D eigenvalue weighted by Gasteiger charge is 2.39. The van der Waals surface area contributed by atoms with E-state index in [9.17, 15) is 4.79 Å². The molecule has 1 aliphatic rings. The van der Waals surface area contributed by atoms with E-state index in [1.54, 1.807) is 0 Å². The van der Waals surface area contributed by atoms with Crippen molar-refractivity contribution in [1.29, 1.82) is 0 Å². The second-order valence-electron chi connectivity index (χ2n) is 8.09. The van der Waals surface area contributed by atoms with Crippen molar-refractivity contribution in [3.8, 4) is 5.75 Å². The highest BCUT2D eigenvalue weighted by molar-refractivity contribution is 6.24. The molecule has 0 radical (unpaired) electrons. The molecule has 0 saturated heterocycles. The smallest absolute Gasteiger partial charge is 0.252 e. The third kappa shape index (κ3) is 4.56. The monoisotopic (exact) mass is 411 g/mol. The Bertz CT molecular complexity index is 1050. The number of rotatable bonds is 6. The first-order chi connectivity index (χ1) is 15.1. The van der Waals surface area contributed by atoms with Crippen molar-refractivity contribution in [3.05, 3.63) is 102 Å². The predicted molar refractivity (Wildman–Crippen MR) is 127 cm³/mol. The van der Waals surface area contributed by atoms with Crippen molar-refractivity contribution < 1.29 is 9.53 Å². The van der Waals surface area contributed by atoms with Crippen LogP contribution in [0.3, 0.4) is 0 Å². The van der Waals surface area contributed by atoms with Gasteiger partial charge in [-0.2, -0.15) is 0 Å². The maximum Gasteiger partial charge on any atom is 0.252 e. The van der Waals surface area contributed by atoms with Crippen molar-refractivity contribution >= 4 is 17.6 Å². The molecule has 0 unspecified atom stereocenters. The molecular weight excluding hydrogens is 382 g/mol. The van der Waals surface area contributed by atoms with Gasteiger partial charge in [0.25, 0.3) is 5.91 Å². The van der Waals surface area contributed by atoms with Gasteiger partial charge < -0.3 is 10.1 Å². The first-order valence-corrected chi connectivity index (χ1v) is 11.0. The Morgan fingerprint density at radius 2 is 1.55 bits per heavy atom. The van der Waals surface area contributed by atoms with E-state index in [2.05, 4.69) is 25.2 Å². The Kier molecular flexibility index (Phi) is 6.22. The maximum atomic E-state index is 13.6. The fourth-order valence-electron chi connectivity index (χ4n) is 4.28. The normalized spacial score (nSPS) is 17.4. The quantitative estimate of drug-likeness (QED) is 0.375. The van der Waals surface area contributed by atoms with Gasteiger partial charge in [0.15, 0.2) is 0 Å². The summed E-state index contributed by atoms with van der Waals surface area (Å²) in [5, 5.41) is 3.33. The van der Waals surface area contributed by atoms with Crippen LogP contribution < -0.4 is 10.1 Å². The van der Waals surface area contributed by atoms with Crippen molar-refractivity contribution in [2.45, 2.75) is 44.8 Å². The van der Waals surface area contributed by atoms with Gasteiger partial charge in [0.2, 0.25) is 0 Å². The van der Waals surface area contributed by atoms with Gasteiger partial charge >= 0.3 is 0 Å². The summed E-state index contributed by atoms with van der Waals surface area (Å²) in [5.41, 5.74) is 3.35.